The van der Waals surface area contributed by atoms with E-state index < -0.39 is 0 Å². The number of nitrogens with one attached hydrogen (secondary N) is 1. The summed E-state index contributed by atoms with van der Waals surface area (Å²) < 4.78 is 25.6. The molecule has 0 amide bonds. The minimum Gasteiger partial charge on any atom is -0.490 e. The Kier molecular flexibility index (Phi) is 9.02. The van der Waals surface area contributed by atoms with E-state index in [1.807, 2.05) is 25.1 Å². The third-order valence-electron chi connectivity index (χ3n) is 4.57. The topological polar surface area (TPSA) is 30.5 Å². The van der Waals surface area contributed by atoms with E-state index in [4.69, 9.17) is 32.7 Å². The maximum atomic E-state index is 13.0. The molecule has 0 aliphatic heterocycles. The Bertz CT molecular complexity index is 1020. The highest BCUT2D eigenvalue weighted by molar-refractivity contribution is 9.10. The molecule has 0 atom stereocenters. The lowest BCUT2D eigenvalue weighted by Crippen LogP contribution is -2.17. The van der Waals surface area contributed by atoms with E-state index in [9.17, 15) is 4.39 Å². The highest BCUT2D eigenvalue weighted by Crippen LogP contribution is 2.37. The van der Waals surface area contributed by atoms with E-state index in [1.165, 1.54) is 12.1 Å². The largest absolute Gasteiger partial charge is 0.490 e. The summed E-state index contributed by atoms with van der Waals surface area (Å²) in [7, 11) is 0. The second-order valence-electron chi connectivity index (χ2n) is 6.93. The van der Waals surface area contributed by atoms with Crippen LogP contribution in [0.5, 0.6) is 11.5 Å². The molecule has 164 valence electrons. The molecule has 31 heavy (non-hydrogen) atoms. The molecule has 3 rings (SSSR count). The fourth-order valence-corrected chi connectivity index (χ4v) is 3.95. The van der Waals surface area contributed by atoms with Gasteiger partial charge in [0.15, 0.2) is 11.5 Å². The van der Waals surface area contributed by atoms with Crippen LogP contribution in [-0.2, 0) is 19.6 Å². The summed E-state index contributed by atoms with van der Waals surface area (Å²) in [4.78, 5) is 0. The lowest BCUT2D eigenvalue weighted by Gasteiger charge is -2.16. The number of halogens is 4. The Morgan fingerprint density at radius 1 is 0.903 bits per heavy atom. The van der Waals surface area contributed by atoms with Crippen LogP contribution in [0.2, 0.25) is 10.0 Å². The van der Waals surface area contributed by atoms with Gasteiger partial charge in [-0.25, -0.2) is 4.39 Å². The standard InChI is InChI=1S/C24H23BrCl2FNO2/c1-2-30-23-13-18(14-29-10-9-16-3-6-19(28)7-4-16)11-20(25)24(23)31-15-17-5-8-21(26)22(27)12-17/h3-8,11-13,29H,2,9-10,14-15H2,1H3. The number of benzene rings is 3. The second kappa shape index (κ2) is 11.7. The fraction of sp³-hybridized carbons (Fsp3) is 0.250. The van der Waals surface area contributed by atoms with E-state index in [2.05, 4.69) is 21.2 Å². The van der Waals surface area contributed by atoms with Crippen LogP contribution < -0.4 is 14.8 Å². The van der Waals surface area contributed by atoms with Crippen LogP contribution in [-0.4, -0.2) is 13.2 Å². The van der Waals surface area contributed by atoms with Crippen LogP contribution in [0.15, 0.2) is 59.1 Å². The average molecular weight is 527 g/mol. The van der Waals surface area contributed by atoms with Gasteiger partial charge in [-0.1, -0.05) is 41.4 Å². The molecule has 0 fully saturated rings. The summed E-state index contributed by atoms with van der Waals surface area (Å²) in [5.41, 5.74) is 3.07. The Morgan fingerprint density at radius 3 is 2.35 bits per heavy atom. The van der Waals surface area contributed by atoms with Crippen LogP contribution >= 0.6 is 39.1 Å². The number of ether oxygens (including phenoxy) is 2. The molecular weight excluding hydrogens is 504 g/mol. The van der Waals surface area contributed by atoms with E-state index >= 15 is 0 Å². The number of hydrogen-bond donors (Lipinski definition) is 1. The zero-order valence-electron chi connectivity index (χ0n) is 17.1. The van der Waals surface area contributed by atoms with Crippen LogP contribution in [0.3, 0.4) is 0 Å². The third-order valence-corrected chi connectivity index (χ3v) is 5.90. The van der Waals surface area contributed by atoms with Crippen molar-refractivity contribution in [2.75, 3.05) is 13.2 Å². The molecule has 3 aromatic carbocycles. The first-order valence-corrected chi connectivity index (χ1v) is 11.5. The molecule has 0 spiro atoms. The average Bonchev–Trinajstić information content (AvgIpc) is 2.74. The first-order chi connectivity index (χ1) is 15.0. The van der Waals surface area contributed by atoms with Gasteiger partial charge in [-0.2, -0.15) is 0 Å². The fourth-order valence-electron chi connectivity index (χ4n) is 3.03. The van der Waals surface area contributed by atoms with Gasteiger partial charge in [0.1, 0.15) is 12.4 Å². The van der Waals surface area contributed by atoms with E-state index in [1.54, 1.807) is 24.3 Å². The predicted molar refractivity (Wildman–Crippen MR) is 128 cm³/mol. The van der Waals surface area contributed by atoms with Gasteiger partial charge in [0.25, 0.3) is 0 Å². The number of rotatable bonds is 10. The normalized spacial score (nSPS) is 10.9. The highest BCUT2D eigenvalue weighted by Gasteiger charge is 2.13. The molecule has 0 bridgehead atoms. The zero-order chi connectivity index (χ0) is 22.2. The first-order valence-electron chi connectivity index (χ1n) is 9.93. The van der Waals surface area contributed by atoms with Gasteiger partial charge < -0.3 is 14.8 Å². The van der Waals surface area contributed by atoms with Crippen LogP contribution in [0.4, 0.5) is 4.39 Å². The third kappa shape index (κ3) is 7.11. The molecule has 0 saturated carbocycles. The Balaban J connectivity index is 1.61. The molecule has 0 aliphatic carbocycles. The first kappa shape index (κ1) is 23.9. The summed E-state index contributed by atoms with van der Waals surface area (Å²) in [5, 5.41) is 4.42. The molecule has 3 aromatic rings. The summed E-state index contributed by atoms with van der Waals surface area (Å²) in [6.07, 6.45) is 0.824. The smallest absolute Gasteiger partial charge is 0.175 e. The summed E-state index contributed by atoms with van der Waals surface area (Å²) >= 11 is 15.7. The minimum absolute atomic E-state index is 0.216. The van der Waals surface area contributed by atoms with E-state index in [0.29, 0.717) is 41.3 Å². The summed E-state index contributed by atoms with van der Waals surface area (Å²) in [6.45, 7) is 4.25. The van der Waals surface area contributed by atoms with E-state index in [-0.39, 0.29) is 5.82 Å². The van der Waals surface area contributed by atoms with Crippen molar-refractivity contribution in [3.63, 3.8) is 0 Å². The van der Waals surface area contributed by atoms with Crippen molar-refractivity contribution in [3.8, 4) is 11.5 Å². The molecule has 7 heteroatoms. The van der Waals surface area contributed by atoms with Crippen molar-refractivity contribution in [2.45, 2.75) is 26.5 Å². The van der Waals surface area contributed by atoms with Gasteiger partial charge in [-0.15, -0.1) is 0 Å². The van der Waals surface area contributed by atoms with Crippen LogP contribution in [0.1, 0.15) is 23.6 Å². The molecular formula is C24H23BrCl2FNO2. The van der Waals surface area contributed by atoms with Gasteiger partial charge >= 0.3 is 0 Å². The van der Waals surface area contributed by atoms with Crippen molar-refractivity contribution in [1.82, 2.24) is 5.32 Å². The Labute approximate surface area is 200 Å². The maximum Gasteiger partial charge on any atom is 0.175 e. The Morgan fingerprint density at radius 2 is 1.65 bits per heavy atom. The van der Waals surface area contributed by atoms with Gasteiger partial charge in [-0.05, 0) is 88.9 Å². The zero-order valence-corrected chi connectivity index (χ0v) is 20.2. The number of hydrogen-bond acceptors (Lipinski definition) is 3. The van der Waals surface area contributed by atoms with Gasteiger partial charge in [0, 0.05) is 6.54 Å². The van der Waals surface area contributed by atoms with Crippen molar-refractivity contribution in [3.05, 3.63) is 91.6 Å². The summed E-state index contributed by atoms with van der Waals surface area (Å²) in [5.74, 6) is 1.10. The molecule has 1 N–H and O–H groups in total. The SMILES string of the molecule is CCOc1cc(CNCCc2ccc(F)cc2)cc(Br)c1OCc1ccc(Cl)c(Cl)c1. The monoisotopic (exact) mass is 525 g/mol. The second-order valence-corrected chi connectivity index (χ2v) is 8.60. The molecule has 0 radical (unpaired) electrons. The van der Waals surface area contributed by atoms with Crippen molar-refractivity contribution >= 4 is 39.1 Å². The van der Waals surface area contributed by atoms with Crippen LogP contribution in [0, 0.1) is 5.82 Å². The molecule has 0 aliphatic rings. The lowest BCUT2D eigenvalue weighted by molar-refractivity contribution is 0.267. The van der Waals surface area contributed by atoms with Crippen molar-refractivity contribution in [1.29, 1.82) is 0 Å². The minimum atomic E-state index is -0.216. The van der Waals surface area contributed by atoms with Gasteiger partial charge in [-0.3, -0.25) is 0 Å². The van der Waals surface area contributed by atoms with Crippen molar-refractivity contribution < 1.29 is 13.9 Å². The lowest BCUT2D eigenvalue weighted by atomic mass is 10.1. The molecule has 0 unspecified atom stereocenters. The maximum absolute atomic E-state index is 13.0. The summed E-state index contributed by atoms with van der Waals surface area (Å²) in [6, 6.07) is 16.0. The molecule has 0 saturated heterocycles. The quantitative estimate of drug-likeness (QED) is 0.283. The van der Waals surface area contributed by atoms with Gasteiger partial charge in [0.05, 0.1) is 21.1 Å². The highest BCUT2D eigenvalue weighted by atomic mass is 79.9. The molecule has 3 nitrogen and oxygen atoms in total. The Hall–Kier alpha value is -1.79. The molecule has 0 heterocycles. The van der Waals surface area contributed by atoms with Gasteiger partial charge in [0.2, 0.25) is 0 Å². The van der Waals surface area contributed by atoms with E-state index in [0.717, 1.165) is 34.1 Å². The predicted octanol–water partition coefficient (Wildman–Crippen LogP) is 7.21. The van der Waals surface area contributed by atoms with Crippen LogP contribution in [0.25, 0.3) is 0 Å². The van der Waals surface area contributed by atoms with Crippen molar-refractivity contribution in [2.24, 2.45) is 0 Å². The molecule has 0 aromatic heterocycles.